The van der Waals surface area contributed by atoms with Gasteiger partial charge in [-0.15, -0.1) is 0 Å². The molecular formula is C22H21FN4O2. The molecule has 29 heavy (non-hydrogen) atoms. The van der Waals surface area contributed by atoms with Crippen molar-refractivity contribution < 1.29 is 13.9 Å². The van der Waals surface area contributed by atoms with Crippen molar-refractivity contribution in [3.05, 3.63) is 78.2 Å². The van der Waals surface area contributed by atoms with E-state index in [4.69, 9.17) is 4.74 Å². The molecule has 0 unspecified atom stereocenters. The zero-order valence-corrected chi connectivity index (χ0v) is 15.8. The maximum atomic E-state index is 13.3. The first kappa shape index (κ1) is 18.9. The monoisotopic (exact) mass is 392 g/mol. The summed E-state index contributed by atoms with van der Waals surface area (Å²) in [5, 5.41) is 6.00. The van der Waals surface area contributed by atoms with Gasteiger partial charge in [0.25, 0.3) is 5.91 Å². The first-order valence-corrected chi connectivity index (χ1v) is 9.41. The highest BCUT2D eigenvalue weighted by Crippen LogP contribution is 2.29. The molecule has 1 aliphatic heterocycles. The zero-order chi connectivity index (χ0) is 20.1. The number of ether oxygens (including phenoxy) is 1. The van der Waals surface area contributed by atoms with E-state index >= 15 is 0 Å². The molecule has 2 N–H and O–H groups in total. The van der Waals surface area contributed by atoms with Gasteiger partial charge < -0.3 is 20.3 Å². The molecule has 0 saturated carbocycles. The Labute approximate surface area is 168 Å². The Morgan fingerprint density at radius 2 is 1.86 bits per heavy atom. The van der Waals surface area contributed by atoms with Crippen molar-refractivity contribution in [2.45, 2.75) is 0 Å². The molecule has 1 amide bonds. The van der Waals surface area contributed by atoms with E-state index in [0.717, 1.165) is 24.5 Å². The third kappa shape index (κ3) is 4.70. The number of pyridine rings is 1. The standard InChI is InChI=1S/C22H21FN4O2/c23-17-4-3-5-18(15-17)25-22(28)16-8-9-24-21(14-16)26-19-6-1-2-7-20(19)27-10-12-29-13-11-27/h1-9,14-15H,10-13H2,(H,24,26)(H,25,28). The quantitative estimate of drug-likeness (QED) is 0.686. The number of benzene rings is 2. The summed E-state index contributed by atoms with van der Waals surface area (Å²) in [5.41, 5.74) is 2.80. The first-order chi connectivity index (χ1) is 14.2. The van der Waals surface area contributed by atoms with E-state index in [0.29, 0.717) is 30.3 Å². The maximum absolute atomic E-state index is 13.3. The van der Waals surface area contributed by atoms with Crippen LogP contribution in [-0.2, 0) is 4.74 Å². The summed E-state index contributed by atoms with van der Waals surface area (Å²) in [6, 6.07) is 17.1. The van der Waals surface area contributed by atoms with Gasteiger partial charge >= 0.3 is 0 Å². The molecule has 0 bridgehead atoms. The molecule has 0 atom stereocenters. The van der Waals surface area contributed by atoms with Gasteiger partial charge in [-0.2, -0.15) is 0 Å². The molecule has 1 aliphatic rings. The number of nitrogens with zero attached hydrogens (tertiary/aromatic N) is 2. The second kappa shape index (κ2) is 8.70. The second-order valence-corrected chi connectivity index (χ2v) is 6.64. The Bertz CT molecular complexity index is 1010. The number of carbonyl (C=O) groups excluding carboxylic acids is 1. The Morgan fingerprint density at radius 1 is 1.03 bits per heavy atom. The van der Waals surface area contributed by atoms with Crippen LogP contribution >= 0.6 is 0 Å². The minimum absolute atomic E-state index is 0.331. The van der Waals surface area contributed by atoms with Crippen LogP contribution in [0.2, 0.25) is 0 Å². The highest BCUT2D eigenvalue weighted by molar-refractivity contribution is 6.04. The van der Waals surface area contributed by atoms with Gasteiger partial charge in [-0.3, -0.25) is 4.79 Å². The van der Waals surface area contributed by atoms with Gasteiger partial charge in [-0.05, 0) is 42.5 Å². The van der Waals surface area contributed by atoms with E-state index in [2.05, 4.69) is 20.5 Å². The van der Waals surface area contributed by atoms with Gasteiger partial charge in [0.05, 0.1) is 24.6 Å². The Morgan fingerprint density at radius 3 is 2.69 bits per heavy atom. The van der Waals surface area contributed by atoms with Gasteiger partial charge in [0.15, 0.2) is 0 Å². The molecule has 2 aromatic carbocycles. The number of nitrogens with one attached hydrogen (secondary N) is 2. The molecule has 0 spiro atoms. The smallest absolute Gasteiger partial charge is 0.255 e. The van der Waals surface area contributed by atoms with Crippen LogP contribution in [0.15, 0.2) is 66.9 Å². The molecule has 6 nitrogen and oxygen atoms in total. The van der Waals surface area contributed by atoms with Gasteiger partial charge in [-0.1, -0.05) is 18.2 Å². The predicted octanol–water partition coefficient (Wildman–Crippen LogP) is 4.05. The third-order valence-electron chi connectivity index (χ3n) is 4.62. The SMILES string of the molecule is O=C(Nc1cccc(F)c1)c1ccnc(Nc2ccccc2N2CCOCC2)c1. The van der Waals surface area contributed by atoms with Crippen molar-refractivity contribution in [2.24, 2.45) is 0 Å². The molecule has 1 fully saturated rings. The first-order valence-electron chi connectivity index (χ1n) is 9.41. The summed E-state index contributed by atoms with van der Waals surface area (Å²) in [6.45, 7) is 3.04. The molecule has 0 aliphatic carbocycles. The lowest BCUT2D eigenvalue weighted by Gasteiger charge is -2.30. The number of carbonyl (C=O) groups is 1. The molecule has 4 rings (SSSR count). The number of hydrogen-bond acceptors (Lipinski definition) is 5. The number of rotatable bonds is 5. The van der Waals surface area contributed by atoms with E-state index in [9.17, 15) is 9.18 Å². The van der Waals surface area contributed by atoms with E-state index < -0.39 is 5.82 Å². The van der Waals surface area contributed by atoms with E-state index in [1.54, 1.807) is 30.5 Å². The lowest BCUT2D eigenvalue weighted by Crippen LogP contribution is -2.36. The Balaban J connectivity index is 1.52. The van der Waals surface area contributed by atoms with Crippen LogP contribution in [0.5, 0.6) is 0 Å². The zero-order valence-electron chi connectivity index (χ0n) is 15.8. The lowest BCUT2D eigenvalue weighted by atomic mass is 10.2. The van der Waals surface area contributed by atoms with Gasteiger partial charge in [0.2, 0.25) is 0 Å². The fraction of sp³-hybridized carbons (Fsp3) is 0.182. The summed E-state index contributed by atoms with van der Waals surface area (Å²) in [5.74, 6) is -0.181. The van der Waals surface area contributed by atoms with Crippen LogP contribution in [0, 0.1) is 5.82 Å². The highest BCUT2D eigenvalue weighted by Gasteiger charge is 2.15. The number of para-hydroxylation sites is 2. The summed E-state index contributed by atoms with van der Waals surface area (Å²) >= 11 is 0. The number of hydrogen-bond donors (Lipinski definition) is 2. The molecule has 3 aromatic rings. The minimum atomic E-state index is -0.403. The van der Waals surface area contributed by atoms with Crippen molar-refractivity contribution in [1.82, 2.24) is 4.98 Å². The molecule has 148 valence electrons. The molecule has 7 heteroatoms. The number of anilines is 4. The van der Waals surface area contributed by atoms with Crippen LogP contribution in [0.25, 0.3) is 0 Å². The van der Waals surface area contributed by atoms with Crippen molar-refractivity contribution in [2.75, 3.05) is 41.8 Å². The summed E-state index contributed by atoms with van der Waals surface area (Å²) in [6.07, 6.45) is 1.57. The number of amides is 1. The Kier molecular flexibility index (Phi) is 5.67. The molecule has 1 aromatic heterocycles. The summed E-state index contributed by atoms with van der Waals surface area (Å²) < 4.78 is 18.8. The maximum Gasteiger partial charge on any atom is 0.255 e. The van der Waals surface area contributed by atoms with Gasteiger partial charge in [-0.25, -0.2) is 9.37 Å². The van der Waals surface area contributed by atoms with Crippen LogP contribution in [-0.4, -0.2) is 37.2 Å². The normalized spacial score (nSPS) is 13.8. The van der Waals surface area contributed by atoms with Crippen molar-refractivity contribution >= 4 is 28.8 Å². The van der Waals surface area contributed by atoms with Crippen LogP contribution in [0.1, 0.15) is 10.4 Å². The number of aromatic nitrogens is 1. The molecule has 1 saturated heterocycles. The van der Waals surface area contributed by atoms with Crippen LogP contribution in [0.3, 0.4) is 0 Å². The number of halogens is 1. The fourth-order valence-electron chi connectivity index (χ4n) is 3.21. The number of morpholine rings is 1. The summed E-state index contributed by atoms with van der Waals surface area (Å²) in [4.78, 5) is 19.1. The van der Waals surface area contributed by atoms with Crippen LogP contribution < -0.4 is 15.5 Å². The Hall–Kier alpha value is -3.45. The van der Waals surface area contributed by atoms with E-state index in [-0.39, 0.29) is 5.91 Å². The van der Waals surface area contributed by atoms with Crippen molar-refractivity contribution in [3.8, 4) is 0 Å². The molecule has 0 radical (unpaired) electrons. The average Bonchev–Trinajstić information content (AvgIpc) is 2.75. The lowest BCUT2D eigenvalue weighted by molar-refractivity contribution is 0.102. The average molecular weight is 392 g/mol. The second-order valence-electron chi connectivity index (χ2n) is 6.64. The van der Waals surface area contributed by atoms with Gasteiger partial charge in [0, 0.05) is 30.5 Å². The molecular weight excluding hydrogens is 371 g/mol. The largest absolute Gasteiger partial charge is 0.378 e. The van der Waals surface area contributed by atoms with Gasteiger partial charge in [0.1, 0.15) is 11.6 Å². The highest BCUT2D eigenvalue weighted by atomic mass is 19.1. The van der Waals surface area contributed by atoms with Crippen molar-refractivity contribution in [1.29, 1.82) is 0 Å². The predicted molar refractivity (Wildman–Crippen MR) is 111 cm³/mol. The van der Waals surface area contributed by atoms with E-state index in [1.165, 1.54) is 12.1 Å². The fourth-order valence-corrected chi connectivity index (χ4v) is 3.21. The molecule has 2 heterocycles. The van der Waals surface area contributed by atoms with Crippen LogP contribution in [0.4, 0.5) is 27.3 Å². The third-order valence-corrected chi connectivity index (χ3v) is 4.62. The minimum Gasteiger partial charge on any atom is -0.378 e. The van der Waals surface area contributed by atoms with E-state index in [1.807, 2.05) is 24.3 Å². The topological polar surface area (TPSA) is 66.5 Å². The van der Waals surface area contributed by atoms with Crippen molar-refractivity contribution in [3.63, 3.8) is 0 Å². The summed E-state index contributed by atoms with van der Waals surface area (Å²) in [7, 11) is 0.